The van der Waals surface area contributed by atoms with Gasteiger partial charge in [0.1, 0.15) is 0 Å². The van der Waals surface area contributed by atoms with E-state index in [-0.39, 0.29) is 0 Å². The number of nitrogens with two attached hydrogens (primary N) is 1. The number of benzene rings is 2. The summed E-state index contributed by atoms with van der Waals surface area (Å²) in [5, 5.41) is 0.767. The van der Waals surface area contributed by atoms with Crippen LogP contribution in [-0.2, 0) is 6.54 Å². The van der Waals surface area contributed by atoms with E-state index in [1.165, 1.54) is 11.1 Å². The third-order valence-electron chi connectivity index (χ3n) is 3.43. The first-order valence-corrected chi connectivity index (χ1v) is 7.63. The molecule has 0 radical (unpaired) electrons. The van der Waals surface area contributed by atoms with E-state index >= 15 is 0 Å². The Bertz CT molecular complexity index is 563. The summed E-state index contributed by atoms with van der Waals surface area (Å²) in [7, 11) is 2.11. The van der Waals surface area contributed by atoms with Crippen molar-refractivity contribution in [1.82, 2.24) is 4.90 Å². The Morgan fingerprint density at radius 3 is 2.45 bits per heavy atom. The van der Waals surface area contributed by atoms with E-state index in [1.807, 2.05) is 24.3 Å². The maximum Gasteiger partial charge on any atom is 0.0406 e. The summed E-state index contributed by atoms with van der Waals surface area (Å²) in [6.07, 6.45) is 0. The minimum Gasteiger partial charge on any atom is -0.399 e. The number of rotatable bonds is 4. The van der Waals surface area contributed by atoms with Gasteiger partial charge < -0.3 is 5.73 Å². The fourth-order valence-corrected chi connectivity index (χ4v) is 2.87. The van der Waals surface area contributed by atoms with E-state index in [9.17, 15) is 0 Å². The number of hydrogen-bond acceptors (Lipinski definition) is 2. The molecule has 0 aliphatic carbocycles. The van der Waals surface area contributed by atoms with Crippen LogP contribution >= 0.6 is 27.5 Å². The highest BCUT2D eigenvalue weighted by Gasteiger charge is 2.12. The van der Waals surface area contributed by atoms with Crippen LogP contribution in [0.1, 0.15) is 24.1 Å². The molecule has 1 atom stereocenters. The molecule has 2 nitrogen and oxygen atoms in total. The number of hydrogen-bond donors (Lipinski definition) is 1. The second-order valence-electron chi connectivity index (χ2n) is 5.04. The Hall–Kier alpha value is -1.03. The van der Waals surface area contributed by atoms with Crippen LogP contribution in [0.4, 0.5) is 5.69 Å². The first-order chi connectivity index (χ1) is 9.45. The van der Waals surface area contributed by atoms with E-state index in [4.69, 9.17) is 17.3 Å². The van der Waals surface area contributed by atoms with Crippen molar-refractivity contribution in [2.24, 2.45) is 0 Å². The summed E-state index contributed by atoms with van der Waals surface area (Å²) in [4.78, 5) is 2.28. The van der Waals surface area contributed by atoms with E-state index in [1.54, 1.807) is 0 Å². The summed E-state index contributed by atoms with van der Waals surface area (Å²) in [5.41, 5.74) is 9.10. The molecule has 2 aromatic rings. The predicted molar refractivity (Wildman–Crippen MR) is 89.9 cm³/mol. The van der Waals surface area contributed by atoms with Crippen LogP contribution in [0, 0.1) is 0 Å². The van der Waals surface area contributed by atoms with Gasteiger partial charge in [0.2, 0.25) is 0 Å². The monoisotopic (exact) mass is 352 g/mol. The molecule has 0 fully saturated rings. The Balaban J connectivity index is 2.10. The lowest BCUT2D eigenvalue weighted by Gasteiger charge is -2.25. The Morgan fingerprint density at radius 1 is 1.20 bits per heavy atom. The standard InChI is InChI=1S/C16H18BrClN2/c1-11(13-3-5-15(18)6-4-13)20(2)10-12-7-14(17)9-16(19)8-12/h3-9,11H,10,19H2,1-2H3. The second-order valence-corrected chi connectivity index (χ2v) is 6.39. The molecular formula is C16H18BrClN2. The summed E-state index contributed by atoms with van der Waals surface area (Å²) in [6, 6.07) is 14.3. The number of nitrogen functional groups attached to an aromatic ring is 1. The molecule has 0 aliphatic heterocycles. The second kappa shape index (κ2) is 6.61. The zero-order valence-corrected chi connectivity index (χ0v) is 13.9. The molecule has 2 N–H and O–H groups in total. The number of nitrogens with zero attached hydrogens (tertiary/aromatic N) is 1. The molecule has 0 saturated heterocycles. The van der Waals surface area contributed by atoms with Crippen molar-refractivity contribution in [3.63, 3.8) is 0 Å². The highest BCUT2D eigenvalue weighted by molar-refractivity contribution is 9.10. The van der Waals surface area contributed by atoms with Gasteiger partial charge in [-0.2, -0.15) is 0 Å². The minimum absolute atomic E-state index is 0.312. The molecule has 1 unspecified atom stereocenters. The maximum absolute atomic E-state index is 5.93. The SMILES string of the molecule is CC(c1ccc(Cl)cc1)N(C)Cc1cc(N)cc(Br)c1. The topological polar surface area (TPSA) is 29.3 Å². The summed E-state index contributed by atoms with van der Waals surface area (Å²) >= 11 is 9.41. The van der Waals surface area contributed by atoms with Gasteiger partial charge in [0.25, 0.3) is 0 Å². The molecule has 0 spiro atoms. The molecule has 2 aromatic carbocycles. The van der Waals surface area contributed by atoms with Crippen molar-refractivity contribution in [1.29, 1.82) is 0 Å². The molecule has 106 valence electrons. The van der Waals surface area contributed by atoms with Crippen LogP contribution < -0.4 is 5.73 Å². The van der Waals surface area contributed by atoms with Crippen LogP contribution in [0.3, 0.4) is 0 Å². The summed E-state index contributed by atoms with van der Waals surface area (Å²) < 4.78 is 1.01. The fraction of sp³-hybridized carbons (Fsp3) is 0.250. The Kier molecular flexibility index (Phi) is 5.08. The molecule has 0 heterocycles. The van der Waals surface area contributed by atoms with E-state index < -0.39 is 0 Å². The van der Waals surface area contributed by atoms with Gasteiger partial charge >= 0.3 is 0 Å². The molecule has 20 heavy (non-hydrogen) atoms. The van der Waals surface area contributed by atoms with Gasteiger partial charge in [0.05, 0.1) is 0 Å². The van der Waals surface area contributed by atoms with Gasteiger partial charge in [0, 0.05) is 27.8 Å². The highest BCUT2D eigenvalue weighted by Crippen LogP contribution is 2.24. The van der Waals surface area contributed by atoms with E-state index in [0.29, 0.717) is 6.04 Å². The predicted octanol–water partition coefficient (Wildman–Crippen LogP) is 4.88. The average molecular weight is 354 g/mol. The lowest BCUT2D eigenvalue weighted by molar-refractivity contribution is 0.253. The minimum atomic E-state index is 0.312. The van der Waals surface area contributed by atoms with Crippen LogP contribution in [0.2, 0.25) is 5.02 Å². The van der Waals surface area contributed by atoms with Crippen molar-refractivity contribution < 1.29 is 0 Å². The molecule has 0 aliphatic rings. The average Bonchev–Trinajstić information content (AvgIpc) is 2.37. The molecular weight excluding hydrogens is 336 g/mol. The first kappa shape index (κ1) is 15.4. The van der Waals surface area contributed by atoms with Crippen molar-refractivity contribution in [2.75, 3.05) is 12.8 Å². The van der Waals surface area contributed by atoms with Gasteiger partial charge in [0.15, 0.2) is 0 Å². The quantitative estimate of drug-likeness (QED) is 0.794. The fourth-order valence-electron chi connectivity index (χ4n) is 2.19. The van der Waals surface area contributed by atoms with Crippen LogP contribution in [0.15, 0.2) is 46.9 Å². The zero-order valence-electron chi connectivity index (χ0n) is 11.6. The van der Waals surface area contributed by atoms with Gasteiger partial charge in [-0.05, 0) is 55.4 Å². The van der Waals surface area contributed by atoms with Gasteiger partial charge in [-0.1, -0.05) is 39.7 Å². The summed E-state index contributed by atoms with van der Waals surface area (Å²) in [5.74, 6) is 0. The lowest BCUT2D eigenvalue weighted by Crippen LogP contribution is -2.22. The van der Waals surface area contributed by atoms with Crippen LogP contribution in [0.25, 0.3) is 0 Å². The molecule has 0 aromatic heterocycles. The molecule has 0 saturated carbocycles. The molecule has 4 heteroatoms. The van der Waals surface area contributed by atoms with Gasteiger partial charge in [-0.25, -0.2) is 0 Å². The lowest BCUT2D eigenvalue weighted by atomic mass is 10.1. The van der Waals surface area contributed by atoms with Crippen molar-refractivity contribution in [3.8, 4) is 0 Å². The first-order valence-electron chi connectivity index (χ1n) is 6.46. The largest absolute Gasteiger partial charge is 0.399 e. The smallest absolute Gasteiger partial charge is 0.0406 e. The van der Waals surface area contributed by atoms with Crippen molar-refractivity contribution in [2.45, 2.75) is 19.5 Å². The van der Waals surface area contributed by atoms with Gasteiger partial charge in [-0.15, -0.1) is 0 Å². The van der Waals surface area contributed by atoms with Gasteiger partial charge in [-0.3, -0.25) is 4.90 Å². The van der Waals surface area contributed by atoms with Crippen LogP contribution in [-0.4, -0.2) is 11.9 Å². The van der Waals surface area contributed by atoms with Crippen LogP contribution in [0.5, 0.6) is 0 Å². The summed E-state index contributed by atoms with van der Waals surface area (Å²) in [6.45, 7) is 3.03. The third-order valence-corrected chi connectivity index (χ3v) is 4.14. The maximum atomic E-state index is 5.93. The van der Waals surface area contributed by atoms with Crippen molar-refractivity contribution in [3.05, 3.63) is 63.1 Å². The normalized spacial score (nSPS) is 12.7. The van der Waals surface area contributed by atoms with E-state index in [2.05, 4.69) is 53.0 Å². The molecule has 0 amide bonds. The number of halogens is 2. The highest BCUT2D eigenvalue weighted by atomic mass is 79.9. The molecule has 0 bridgehead atoms. The van der Waals surface area contributed by atoms with E-state index in [0.717, 1.165) is 21.7 Å². The number of anilines is 1. The third kappa shape index (κ3) is 3.98. The zero-order chi connectivity index (χ0) is 14.7. The molecule has 2 rings (SSSR count). The Labute approximate surface area is 133 Å². The van der Waals surface area contributed by atoms with Crippen molar-refractivity contribution >= 4 is 33.2 Å². The Morgan fingerprint density at radius 2 is 1.85 bits per heavy atom.